The number of carboxylic acid groups (broad SMARTS) is 1. The molecule has 1 N–H and O–H groups in total. The second kappa shape index (κ2) is 17.4. The van der Waals surface area contributed by atoms with Crippen LogP contribution in [0.3, 0.4) is 0 Å². The number of carboxylic acids is 1. The molecule has 0 saturated heterocycles. The van der Waals surface area contributed by atoms with Gasteiger partial charge in [-0.15, -0.1) is 0 Å². The monoisotopic (exact) mass is 404 g/mol. The standard InChI is InChI=1S/C26H44O3/c1-3-5-7-8-9-10-11-12-13-14-16-20-23(19-15-6-4-2)29-25-22-18-17-21-24(25)26(27)28/h17-18,21-23H,3-16,19-20H2,1-2H3,(H,27,28). The molecule has 1 rings (SSSR count). The van der Waals surface area contributed by atoms with E-state index in [4.69, 9.17) is 4.74 Å². The summed E-state index contributed by atoms with van der Waals surface area (Å²) in [5, 5.41) is 9.39. The molecule has 3 heteroatoms. The minimum Gasteiger partial charge on any atom is -0.490 e. The molecule has 0 aliphatic rings. The summed E-state index contributed by atoms with van der Waals surface area (Å²) in [6, 6.07) is 7.03. The maximum Gasteiger partial charge on any atom is 0.339 e. The van der Waals surface area contributed by atoms with E-state index < -0.39 is 5.97 Å². The zero-order chi connectivity index (χ0) is 21.2. The summed E-state index contributed by atoms with van der Waals surface area (Å²) in [7, 11) is 0. The molecule has 1 aromatic carbocycles. The van der Waals surface area contributed by atoms with Crippen molar-refractivity contribution in [1.29, 1.82) is 0 Å². The van der Waals surface area contributed by atoms with E-state index in [-0.39, 0.29) is 11.7 Å². The van der Waals surface area contributed by atoms with Crippen molar-refractivity contribution in [3.05, 3.63) is 29.8 Å². The van der Waals surface area contributed by atoms with Crippen molar-refractivity contribution in [3.8, 4) is 5.75 Å². The molecule has 0 amide bonds. The molecule has 0 spiro atoms. The highest BCUT2D eigenvalue weighted by Crippen LogP contribution is 2.23. The van der Waals surface area contributed by atoms with Crippen molar-refractivity contribution >= 4 is 5.97 Å². The van der Waals surface area contributed by atoms with E-state index in [1.165, 1.54) is 83.5 Å². The van der Waals surface area contributed by atoms with E-state index in [1.54, 1.807) is 18.2 Å². The highest BCUT2D eigenvalue weighted by atomic mass is 16.5. The zero-order valence-electron chi connectivity index (χ0n) is 19.0. The topological polar surface area (TPSA) is 46.5 Å². The third kappa shape index (κ3) is 12.6. The molecule has 1 atom stereocenters. The molecule has 166 valence electrons. The summed E-state index contributed by atoms with van der Waals surface area (Å²) in [5.41, 5.74) is 0.270. The largest absolute Gasteiger partial charge is 0.490 e. The van der Waals surface area contributed by atoms with Gasteiger partial charge in [-0.1, -0.05) is 103 Å². The lowest BCUT2D eigenvalue weighted by Gasteiger charge is -2.20. The van der Waals surface area contributed by atoms with Gasteiger partial charge in [0, 0.05) is 0 Å². The summed E-state index contributed by atoms with van der Waals surface area (Å²) >= 11 is 0. The van der Waals surface area contributed by atoms with Gasteiger partial charge in [0.2, 0.25) is 0 Å². The number of para-hydroxylation sites is 1. The molecule has 29 heavy (non-hydrogen) atoms. The molecule has 0 bridgehead atoms. The maximum absolute atomic E-state index is 11.4. The molecule has 1 aromatic rings. The van der Waals surface area contributed by atoms with Gasteiger partial charge < -0.3 is 9.84 Å². The van der Waals surface area contributed by atoms with Gasteiger partial charge >= 0.3 is 5.97 Å². The van der Waals surface area contributed by atoms with Crippen LogP contribution in [0.1, 0.15) is 127 Å². The molecule has 0 aliphatic heterocycles. The Labute approximate surface area is 179 Å². The Bertz CT molecular complexity index is 526. The third-order valence-electron chi connectivity index (χ3n) is 5.67. The highest BCUT2D eigenvalue weighted by Gasteiger charge is 2.15. The molecule has 0 saturated carbocycles. The summed E-state index contributed by atoms with van der Waals surface area (Å²) < 4.78 is 6.16. The number of rotatable bonds is 19. The molecule has 0 aromatic heterocycles. The lowest BCUT2D eigenvalue weighted by atomic mass is 10.0. The van der Waals surface area contributed by atoms with E-state index in [0.29, 0.717) is 5.75 Å². The first kappa shape index (κ1) is 25.5. The van der Waals surface area contributed by atoms with Gasteiger partial charge in [0.05, 0.1) is 6.10 Å². The molecule has 0 fully saturated rings. The van der Waals surface area contributed by atoms with Crippen LogP contribution in [-0.4, -0.2) is 17.2 Å². The fourth-order valence-electron chi connectivity index (χ4n) is 3.85. The van der Waals surface area contributed by atoms with Crippen LogP contribution in [0.5, 0.6) is 5.75 Å². The molecule has 0 radical (unpaired) electrons. The van der Waals surface area contributed by atoms with Crippen LogP contribution < -0.4 is 4.74 Å². The van der Waals surface area contributed by atoms with E-state index in [1.807, 2.05) is 6.07 Å². The van der Waals surface area contributed by atoms with E-state index >= 15 is 0 Å². The highest BCUT2D eigenvalue weighted by molar-refractivity contribution is 5.90. The number of carbonyl (C=O) groups is 1. The summed E-state index contributed by atoms with van der Waals surface area (Å²) in [5.74, 6) is -0.396. The Kier molecular flexibility index (Phi) is 15.3. The van der Waals surface area contributed by atoms with Crippen LogP contribution >= 0.6 is 0 Å². The average Bonchev–Trinajstić information content (AvgIpc) is 2.72. The first-order chi connectivity index (χ1) is 14.2. The molecule has 1 unspecified atom stereocenters. The Hall–Kier alpha value is -1.51. The Morgan fingerprint density at radius 1 is 0.759 bits per heavy atom. The second-order valence-electron chi connectivity index (χ2n) is 8.36. The molecular formula is C26H44O3. The smallest absolute Gasteiger partial charge is 0.339 e. The fraction of sp³-hybridized carbons (Fsp3) is 0.731. The van der Waals surface area contributed by atoms with Gasteiger partial charge in [0.25, 0.3) is 0 Å². The van der Waals surface area contributed by atoms with Gasteiger partial charge in [-0.2, -0.15) is 0 Å². The number of unbranched alkanes of at least 4 members (excludes halogenated alkanes) is 12. The Morgan fingerprint density at radius 2 is 1.21 bits per heavy atom. The van der Waals surface area contributed by atoms with Crippen molar-refractivity contribution in [1.82, 2.24) is 0 Å². The van der Waals surface area contributed by atoms with Crippen molar-refractivity contribution in [2.75, 3.05) is 0 Å². The minimum atomic E-state index is -0.914. The van der Waals surface area contributed by atoms with Crippen LogP contribution in [0.25, 0.3) is 0 Å². The SMILES string of the molecule is CCCCCCCCCCCCCC(CCCCC)Oc1ccccc1C(=O)O. The molecule has 0 heterocycles. The maximum atomic E-state index is 11.4. The first-order valence-corrected chi connectivity index (χ1v) is 12.2. The Balaban J connectivity index is 2.28. The van der Waals surface area contributed by atoms with Crippen LogP contribution in [0.2, 0.25) is 0 Å². The predicted molar refractivity (Wildman–Crippen MR) is 123 cm³/mol. The quantitative estimate of drug-likeness (QED) is 0.235. The molecule has 0 aliphatic carbocycles. The number of benzene rings is 1. The minimum absolute atomic E-state index is 0.126. The van der Waals surface area contributed by atoms with Crippen molar-refractivity contribution in [2.45, 2.75) is 123 Å². The van der Waals surface area contributed by atoms with E-state index in [2.05, 4.69) is 13.8 Å². The number of aromatic carboxylic acids is 1. The normalized spacial score (nSPS) is 12.1. The van der Waals surface area contributed by atoms with Crippen LogP contribution in [-0.2, 0) is 0 Å². The van der Waals surface area contributed by atoms with Crippen LogP contribution in [0.4, 0.5) is 0 Å². The van der Waals surface area contributed by atoms with Gasteiger partial charge in [-0.3, -0.25) is 0 Å². The van der Waals surface area contributed by atoms with Crippen LogP contribution in [0.15, 0.2) is 24.3 Å². The third-order valence-corrected chi connectivity index (χ3v) is 5.67. The Morgan fingerprint density at radius 3 is 1.76 bits per heavy atom. The van der Waals surface area contributed by atoms with Gasteiger partial charge in [-0.25, -0.2) is 4.79 Å². The van der Waals surface area contributed by atoms with E-state index in [9.17, 15) is 9.90 Å². The van der Waals surface area contributed by atoms with Crippen molar-refractivity contribution in [3.63, 3.8) is 0 Å². The lowest BCUT2D eigenvalue weighted by molar-refractivity contribution is 0.0687. The molecular weight excluding hydrogens is 360 g/mol. The van der Waals surface area contributed by atoms with Crippen molar-refractivity contribution in [2.24, 2.45) is 0 Å². The van der Waals surface area contributed by atoms with Gasteiger partial charge in [-0.05, 0) is 37.8 Å². The van der Waals surface area contributed by atoms with Crippen molar-refractivity contribution < 1.29 is 14.6 Å². The van der Waals surface area contributed by atoms with Crippen LogP contribution in [0, 0.1) is 0 Å². The summed E-state index contributed by atoms with van der Waals surface area (Å²) in [6.07, 6.45) is 20.5. The number of ether oxygens (including phenoxy) is 1. The summed E-state index contributed by atoms with van der Waals surface area (Å²) in [6.45, 7) is 4.48. The first-order valence-electron chi connectivity index (χ1n) is 12.2. The second-order valence-corrected chi connectivity index (χ2v) is 8.36. The summed E-state index contributed by atoms with van der Waals surface area (Å²) in [4.78, 5) is 11.4. The zero-order valence-corrected chi connectivity index (χ0v) is 19.0. The number of hydrogen-bond donors (Lipinski definition) is 1. The van der Waals surface area contributed by atoms with Gasteiger partial charge in [0.15, 0.2) is 0 Å². The average molecular weight is 405 g/mol. The fourth-order valence-corrected chi connectivity index (χ4v) is 3.85. The number of hydrogen-bond acceptors (Lipinski definition) is 2. The molecule has 3 nitrogen and oxygen atoms in total. The van der Waals surface area contributed by atoms with E-state index in [0.717, 1.165) is 19.3 Å². The van der Waals surface area contributed by atoms with Gasteiger partial charge in [0.1, 0.15) is 11.3 Å². The predicted octanol–water partition coefficient (Wildman–Crippen LogP) is 8.41. The lowest BCUT2D eigenvalue weighted by Crippen LogP contribution is -2.18.